The van der Waals surface area contributed by atoms with E-state index in [1.54, 1.807) is 0 Å². The maximum absolute atomic E-state index is 13.1. The molecule has 0 bridgehead atoms. The molecule has 1 saturated heterocycles. The minimum atomic E-state index is -2.53. The predicted molar refractivity (Wildman–Crippen MR) is 65.9 cm³/mol. The first kappa shape index (κ1) is 11.3. The van der Waals surface area contributed by atoms with Gasteiger partial charge in [-0.3, -0.25) is 0 Å². The predicted octanol–water partition coefficient (Wildman–Crippen LogP) is 2.87. The summed E-state index contributed by atoms with van der Waals surface area (Å²) in [6, 6.07) is 7.65. The minimum Gasteiger partial charge on any atom is -0.356 e. The zero-order chi connectivity index (χ0) is 12.6. The van der Waals surface area contributed by atoms with Crippen LogP contribution < -0.4 is 4.90 Å². The molecule has 0 unspecified atom stereocenters. The number of hydrogen-bond donors (Lipinski definition) is 0. The van der Waals surface area contributed by atoms with Gasteiger partial charge >= 0.3 is 0 Å². The molecule has 0 spiro atoms. The van der Waals surface area contributed by atoms with E-state index in [9.17, 15) is 8.78 Å². The molecular weight excluding hydrogens is 236 g/mol. The normalized spacial score (nSPS) is 19.1. The third kappa shape index (κ3) is 2.00. The molecule has 1 fully saturated rings. The third-order valence-corrected chi connectivity index (χ3v) is 3.32. The van der Waals surface area contributed by atoms with E-state index in [1.165, 1.54) is 6.33 Å². The van der Waals surface area contributed by atoms with Crippen molar-refractivity contribution in [3.63, 3.8) is 0 Å². The molecule has 94 valence electrons. The van der Waals surface area contributed by atoms with E-state index in [-0.39, 0.29) is 12.8 Å². The van der Waals surface area contributed by atoms with Crippen molar-refractivity contribution in [2.45, 2.75) is 18.8 Å². The highest BCUT2D eigenvalue weighted by atomic mass is 19.3. The van der Waals surface area contributed by atoms with Gasteiger partial charge in [-0.1, -0.05) is 12.1 Å². The Morgan fingerprint density at radius 3 is 2.56 bits per heavy atom. The van der Waals surface area contributed by atoms with Crippen LogP contribution in [0.25, 0.3) is 10.9 Å². The van der Waals surface area contributed by atoms with Gasteiger partial charge in [-0.25, -0.2) is 18.7 Å². The first-order chi connectivity index (χ1) is 8.66. The number of piperidine rings is 1. The molecule has 1 aromatic heterocycles. The second-order valence-electron chi connectivity index (χ2n) is 4.56. The van der Waals surface area contributed by atoms with E-state index in [2.05, 4.69) is 9.97 Å². The summed E-state index contributed by atoms with van der Waals surface area (Å²) in [6.45, 7) is 0.683. The number of para-hydroxylation sites is 1. The molecule has 1 aliphatic rings. The van der Waals surface area contributed by atoms with Crippen molar-refractivity contribution in [1.29, 1.82) is 0 Å². The maximum Gasteiger partial charge on any atom is 0.251 e. The SMILES string of the molecule is FC1(F)CCN(c2ncnc3ccccc23)CC1. The molecule has 0 aliphatic carbocycles. The van der Waals surface area contributed by atoms with E-state index in [0.29, 0.717) is 13.1 Å². The van der Waals surface area contributed by atoms with Gasteiger partial charge in [-0.15, -0.1) is 0 Å². The molecule has 3 rings (SSSR count). The molecule has 1 aliphatic heterocycles. The number of aromatic nitrogens is 2. The molecule has 3 nitrogen and oxygen atoms in total. The van der Waals surface area contributed by atoms with Crippen molar-refractivity contribution in [2.24, 2.45) is 0 Å². The average molecular weight is 249 g/mol. The van der Waals surface area contributed by atoms with Crippen molar-refractivity contribution < 1.29 is 8.78 Å². The summed E-state index contributed by atoms with van der Waals surface area (Å²) in [5.74, 6) is -1.77. The first-order valence-electron chi connectivity index (χ1n) is 5.98. The van der Waals surface area contributed by atoms with Crippen LogP contribution in [0.5, 0.6) is 0 Å². The maximum atomic E-state index is 13.1. The van der Waals surface area contributed by atoms with E-state index >= 15 is 0 Å². The fraction of sp³-hybridized carbons (Fsp3) is 0.385. The van der Waals surface area contributed by atoms with E-state index in [0.717, 1.165) is 16.7 Å². The van der Waals surface area contributed by atoms with Gasteiger partial charge in [0.2, 0.25) is 0 Å². The lowest BCUT2D eigenvalue weighted by molar-refractivity contribution is -0.0221. The van der Waals surface area contributed by atoms with Crippen LogP contribution in [0.4, 0.5) is 14.6 Å². The quantitative estimate of drug-likeness (QED) is 0.778. The van der Waals surface area contributed by atoms with Crippen molar-refractivity contribution in [2.75, 3.05) is 18.0 Å². The molecule has 0 N–H and O–H groups in total. The monoisotopic (exact) mass is 249 g/mol. The lowest BCUT2D eigenvalue weighted by Gasteiger charge is -2.32. The molecule has 2 heterocycles. The largest absolute Gasteiger partial charge is 0.356 e. The molecule has 0 saturated carbocycles. The van der Waals surface area contributed by atoms with E-state index in [4.69, 9.17) is 0 Å². The first-order valence-corrected chi connectivity index (χ1v) is 5.98. The number of anilines is 1. The Bertz CT molecular complexity index is 556. The number of nitrogens with zero attached hydrogens (tertiary/aromatic N) is 3. The summed E-state index contributed by atoms with van der Waals surface area (Å²) < 4.78 is 26.3. The van der Waals surface area contributed by atoms with Gasteiger partial charge in [-0.05, 0) is 12.1 Å². The second-order valence-corrected chi connectivity index (χ2v) is 4.56. The van der Waals surface area contributed by atoms with Gasteiger partial charge in [0.25, 0.3) is 5.92 Å². The summed E-state index contributed by atoms with van der Waals surface area (Å²) in [7, 11) is 0. The number of hydrogen-bond acceptors (Lipinski definition) is 3. The highest BCUT2D eigenvalue weighted by Gasteiger charge is 2.34. The average Bonchev–Trinajstić information content (AvgIpc) is 2.38. The summed E-state index contributed by atoms with van der Waals surface area (Å²) in [4.78, 5) is 10.3. The Hall–Kier alpha value is -1.78. The van der Waals surface area contributed by atoms with Gasteiger partial charge < -0.3 is 4.90 Å². The summed E-state index contributed by atoms with van der Waals surface area (Å²) in [5.41, 5.74) is 0.847. The summed E-state index contributed by atoms with van der Waals surface area (Å²) >= 11 is 0. The fourth-order valence-corrected chi connectivity index (χ4v) is 2.29. The lowest BCUT2D eigenvalue weighted by Crippen LogP contribution is -2.39. The summed E-state index contributed by atoms with van der Waals surface area (Å²) in [6.07, 6.45) is 1.28. The zero-order valence-electron chi connectivity index (χ0n) is 9.81. The number of alkyl halides is 2. The van der Waals surface area contributed by atoms with Crippen LogP contribution in [0.15, 0.2) is 30.6 Å². The van der Waals surface area contributed by atoms with Crippen molar-refractivity contribution in [3.05, 3.63) is 30.6 Å². The molecule has 1 aromatic carbocycles. The van der Waals surface area contributed by atoms with Gasteiger partial charge in [0.05, 0.1) is 5.52 Å². The van der Waals surface area contributed by atoms with Gasteiger partial charge in [0.1, 0.15) is 12.1 Å². The molecule has 0 amide bonds. The van der Waals surface area contributed by atoms with E-state index in [1.807, 2.05) is 29.2 Å². The highest BCUT2D eigenvalue weighted by Crippen LogP contribution is 2.31. The number of benzene rings is 1. The van der Waals surface area contributed by atoms with Crippen LogP contribution >= 0.6 is 0 Å². The Morgan fingerprint density at radius 1 is 1.06 bits per heavy atom. The number of halogens is 2. The summed E-state index contributed by atoms with van der Waals surface area (Å²) in [5, 5.41) is 0.921. The third-order valence-electron chi connectivity index (χ3n) is 3.32. The van der Waals surface area contributed by atoms with Gasteiger partial charge in [-0.2, -0.15) is 0 Å². The molecule has 0 radical (unpaired) electrons. The molecule has 0 atom stereocenters. The van der Waals surface area contributed by atoms with E-state index < -0.39 is 5.92 Å². The zero-order valence-corrected chi connectivity index (χ0v) is 9.81. The molecule has 5 heteroatoms. The van der Waals surface area contributed by atoms with Crippen LogP contribution in [-0.2, 0) is 0 Å². The van der Waals surface area contributed by atoms with Crippen molar-refractivity contribution >= 4 is 16.7 Å². The number of rotatable bonds is 1. The van der Waals surface area contributed by atoms with Crippen LogP contribution in [0.2, 0.25) is 0 Å². The fourth-order valence-electron chi connectivity index (χ4n) is 2.29. The smallest absolute Gasteiger partial charge is 0.251 e. The molecular formula is C13H13F2N3. The van der Waals surface area contributed by atoms with Gasteiger partial charge in [0, 0.05) is 31.3 Å². The second kappa shape index (κ2) is 4.15. The molecule has 18 heavy (non-hydrogen) atoms. The van der Waals surface area contributed by atoms with Crippen LogP contribution in [0, 0.1) is 0 Å². The van der Waals surface area contributed by atoms with Crippen molar-refractivity contribution in [3.8, 4) is 0 Å². The number of fused-ring (bicyclic) bond motifs is 1. The Balaban J connectivity index is 1.96. The minimum absolute atomic E-state index is 0.106. The van der Waals surface area contributed by atoms with Crippen LogP contribution in [0.3, 0.4) is 0 Å². The van der Waals surface area contributed by atoms with Gasteiger partial charge in [0.15, 0.2) is 0 Å². The highest BCUT2D eigenvalue weighted by molar-refractivity contribution is 5.89. The Morgan fingerprint density at radius 2 is 1.78 bits per heavy atom. The topological polar surface area (TPSA) is 29.0 Å². The standard InChI is InChI=1S/C13H13F2N3/c14-13(15)5-7-18(8-6-13)12-10-3-1-2-4-11(10)16-9-17-12/h1-4,9H,5-8H2. The molecule has 2 aromatic rings. The van der Waals surface area contributed by atoms with Crippen molar-refractivity contribution in [1.82, 2.24) is 9.97 Å². The lowest BCUT2D eigenvalue weighted by atomic mass is 10.1. The van der Waals surface area contributed by atoms with Crippen LogP contribution in [0.1, 0.15) is 12.8 Å². The Kier molecular flexibility index (Phi) is 2.61. The Labute approximate surface area is 103 Å². The van der Waals surface area contributed by atoms with Crippen LogP contribution in [-0.4, -0.2) is 29.0 Å².